The number of hydrogen-bond donors (Lipinski definition) is 2. The molecule has 0 fully saturated rings. The standard InChI is InChI=1S/C21H26N2O3/c1-14-5-7-17(8-6-14)15(2)22-21(25)13-20(23-16(3)24)18-9-11-19(26-4)12-10-18/h5-12,15,20H,13H2,1-4H3,(H,22,25)(H,23,24). The zero-order valence-corrected chi connectivity index (χ0v) is 15.7. The van der Waals surface area contributed by atoms with E-state index < -0.39 is 0 Å². The van der Waals surface area contributed by atoms with E-state index in [1.54, 1.807) is 7.11 Å². The number of aryl methyl sites for hydroxylation is 1. The summed E-state index contributed by atoms with van der Waals surface area (Å²) in [6.45, 7) is 5.42. The number of rotatable bonds is 7. The van der Waals surface area contributed by atoms with Gasteiger partial charge in [-0.25, -0.2) is 0 Å². The van der Waals surface area contributed by atoms with Gasteiger partial charge in [0.15, 0.2) is 0 Å². The zero-order valence-electron chi connectivity index (χ0n) is 15.7. The van der Waals surface area contributed by atoms with Gasteiger partial charge in [0.1, 0.15) is 5.75 Å². The molecule has 0 aliphatic heterocycles. The van der Waals surface area contributed by atoms with Crippen LogP contribution in [0.25, 0.3) is 0 Å². The number of amides is 2. The van der Waals surface area contributed by atoms with Crippen LogP contribution >= 0.6 is 0 Å². The van der Waals surface area contributed by atoms with Gasteiger partial charge in [-0.3, -0.25) is 9.59 Å². The first kappa shape index (κ1) is 19.5. The lowest BCUT2D eigenvalue weighted by atomic mass is 10.0. The number of nitrogens with one attached hydrogen (secondary N) is 2. The molecule has 2 amide bonds. The molecule has 2 aromatic carbocycles. The van der Waals surface area contributed by atoms with E-state index in [2.05, 4.69) is 10.6 Å². The summed E-state index contributed by atoms with van der Waals surface area (Å²) in [6.07, 6.45) is 0.169. The van der Waals surface area contributed by atoms with E-state index in [9.17, 15) is 9.59 Å². The summed E-state index contributed by atoms with van der Waals surface area (Å²) in [7, 11) is 1.60. The average Bonchev–Trinajstić information content (AvgIpc) is 2.61. The van der Waals surface area contributed by atoms with Crippen LogP contribution in [0, 0.1) is 6.92 Å². The second kappa shape index (κ2) is 9.04. The molecule has 0 heterocycles. The second-order valence-corrected chi connectivity index (χ2v) is 6.43. The second-order valence-electron chi connectivity index (χ2n) is 6.43. The van der Waals surface area contributed by atoms with Crippen molar-refractivity contribution in [3.63, 3.8) is 0 Å². The van der Waals surface area contributed by atoms with E-state index in [1.807, 2.05) is 62.4 Å². The van der Waals surface area contributed by atoms with Crippen LogP contribution in [0.5, 0.6) is 5.75 Å². The topological polar surface area (TPSA) is 67.4 Å². The Bertz CT molecular complexity index is 739. The SMILES string of the molecule is COc1ccc(C(CC(=O)NC(C)c2ccc(C)cc2)NC(C)=O)cc1. The van der Waals surface area contributed by atoms with Gasteiger partial charge in [-0.05, 0) is 37.1 Å². The molecule has 0 bridgehead atoms. The Kier molecular flexibility index (Phi) is 6.78. The molecule has 2 rings (SSSR count). The fourth-order valence-corrected chi connectivity index (χ4v) is 2.76. The van der Waals surface area contributed by atoms with Crippen molar-refractivity contribution in [1.82, 2.24) is 10.6 Å². The summed E-state index contributed by atoms with van der Waals surface area (Å²) in [4.78, 5) is 24.0. The van der Waals surface area contributed by atoms with Crippen molar-refractivity contribution < 1.29 is 14.3 Å². The van der Waals surface area contributed by atoms with Gasteiger partial charge in [-0.1, -0.05) is 42.0 Å². The quantitative estimate of drug-likeness (QED) is 0.800. The van der Waals surface area contributed by atoms with Crippen molar-refractivity contribution in [2.24, 2.45) is 0 Å². The summed E-state index contributed by atoms with van der Waals surface area (Å²) in [6, 6.07) is 14.9. The fraction of sp³-hybridized carbons (Fsp3) is 0.333. The van der Waals surface area contributed by atoms with Gasteiger partial charge < -0.3 is 15.4 Å². The average molecular weight is 354 g/mol. The molecule has 138 valence electrons. The van der Waals surface area contributed by atoms with Crippen LogP contribution < -0.4 is 15.4 Å². The molecule has 2 atom stereocenters. The maximum Gasteiger partial charge on any atom is 0.222 e. The number of hydrogen-bond acceptors (Lipinski definition) is 3. The van der Waals surface area contributed by atoms with Gasteiger partial charge >= 0.3 is 0 Å². The fourth-order valence-electron chi connectivity index (χ4n) is 2.76. The molecule has 0 radical (unpaired) electrons. The molecule has 0 aliphatic carbocycles. The van der Waals surface area contributed by atoms with Crippen molar-refractivity contribution in [3.05, 3.63) is 65.2 Å². The van der Waals surface area contributed by atoms with Crippen molar-refractivity contribution in [2.75, 3.05) is 7.11 Å². The highest BCUT2D eigenvalue weighted by Crippen LogP contribution is 2.21. The first-order valence-corrected chi connectivity index (χ1v) is 8.66. The number of carbonyl (C=O) groups excluding carboxylic acids is 2. The molecular weight excluding hydrogens is 328 g/mol. The van der Waals surface area contributed by atoms with Crippen molar-refractivity contribution >= 4 is 11.8 Å². The molecule has 0 aliphatic rings. The van der Waals surface area contributed by atoms with Gasteiger partial charge in [0.25, 0.3) is 0 Å². The summed E-state index contributed by atoms with van der Waals surface area (Å²) in [5.74, 6) is 0.436. The molecule has 2 aromatic rings. The van der Waals surface area contributed by atoms with Gasteiger partial charge in [0, 0.05) is 6.92 Å². The molecule has 0 saturated carbocycles. The molecule has 2 unspecified atom stereocenters. The summed E-state index contributed by atoms with van der Waals surface area (Å²) in [5.41, 5.74) is 3.08. The zero-order chi connectivity index (χ0) is 19.1. The summed E-state index contributed by atoms with van der Waals surface area (Å²) in [5, 5.41) is 5.84. The van der Waals surface area contributed by atoms with Crippen LogP contribution in [-0.2, 0) is 9.59 Å². The predicted molar refractivity (Wildman–Crippen MR) is 102 cm³/mol. The first-order chi connectivity index (χ1) is 12.4. The van der Waals surface area contributed by atoms with E-state index in [-0.39, 0.29) is 30.3 Å². The Morgan fingerprint density at radius 3 is 2.08 bits per heavy atom. The Morgan fingerprint density at radius 1 is 0.962 bits per heavy atom. The lowest BCUT2D eigenvalue weighted by Gasteiger charge is -2.20. The number of ether oxygens (including phenoxy) is 1. The van der Waals surface area contributed by atoms with Gasteiger partial charge in [-0.2, -0.15) is 0 Å². The molecule has 5 heteroatoms. The highest BCUT2D eigenvalue weighted by atomic mass is 16.5. The van der Waals surface area contributed by atoms with Crippen molar-refractivity contribution in [3.8, 4) is 5.75 Å². The molecule has 5 nitrogen and oxygen atoms in total. The molecule has 2 N–H and O–H groups in total. The van der Waals surface area contributed by atoms with Crippen LogP contribution in [-0.4, -0.2) is 18.9 Å². The molecular formula is C21H26N2O3. The third kappa shape index (κ3) is 5.62. The Hall–Kier alpha value is -2.82. The largest absolute Gasteiger partial charge is 0.497 e. The predicted octanol–water partition coefficient (Wildman–Crippen LogP) is 3.45. The summed E-state index contributed by atoms with van der Waals surface area (Å²) >= 11 is 0. The number of methoxy groups -OCH3 is 1. The highest BCUT2D eigenvalue weighted by molar-refractivity contribution is 5.79. The smallest absolute Gasteiger partial charge is 0.222 e. The van der Waals surface area contributed by atoms with E-state index in [4.69, 9.17) is 4.74 Å². The molecule has 0 saturated heterocycles. The van der Waals surface area contributed by atoms with E-state index >= 15 is 0 Å². The van der Waals surface area contributed by atoms with Crippen molar-refractivity contribution in [2.45, 2.75) is 39.3 Å². The minimum atomic E-state index is -0.386. The third-order valence-electron chi connectivity index (χ3n) is 4.24. The minimum absolute atomic E-state index is 0.100. The third-order valence-corrected chi connectivity index (χ3v) is 4.24. The Labute approximate surface area is 154 Å². The molecule has 0 spiro atoms. The normalized spacial score (nSPS) is 12.8. The number of benzene rings is 2. The molecule has 0 aromatic heterocycles. The van der Waals surface area contributed by atoms with E-state index in [1.165, 1.54) is 12.5 Å². The maximum atomic E-state index is 12.5. The van der Waals surface area contributed by atoms with Gasteiger partial charge in [-0.15, -0.1) is 0 Å². The maximum absolute atomic E-state index is 12.5. The van der Waals surface area contributed by atoms with E-state index in [0.717, 1.165) is 16.9 Å². The van der Waals surface area contributed by atoms with Gasteiger partial charge in [0.2, 0.25) is 11.8 Å². The lowest BCUT2D eigenvalue weighted by Crippen LogP contribution is -2.33. The van der Waals surface area contributed by atoms with Crippen LogP contribution in [0.15, 0.2) is 48.5 Å². The van der Waals surface area contributed by atoms with Crippen LogP contribution in [0.3, 0.4) is 0 Å². The van der Waals surface area contributed by atoms with Gasteiger partial charge in [0.05, 0.1) is 25.6 Å². The monoisotopic (exact) mass is 354 g/mol. The summed E-state index contributed by atoms with van der Waals surface area (Å²) < 4.78 is 5.15. The Balaban J connectivity index is 2.05. The van der Waals surface area contributed by atoms with Crippen LogP contribution in [0.1, 0.15) is 49.0 Å². The van der Waals surface area contributed by atoms with E-state index in [0.29, 0.717) is 0 Å². The minimum Gasteiger partial charge on any atom is -0.497 e. The Morgan fingerprint density at radius 2 is 1.54 bits per heavy atom. The van der Waals surface area contributed by atoms with Crippen LogP contribution in [0.2, 0.25) is 0 Å². The number of carbonyl (C=O) groups is 2. The lowest BCUT2D eigenvalue weighted by molar-refractivity contribution is -0.123. The molecule has 26 heavy (non-hydrogen) atoms. The first-order valence-electron chi connectivity index (χ1n) is 8.66. The van der Waals surface area contributed by atoms with Crippen LogP contribution in [0.4, 0.5) is 0 Å². The van der Waals surface area contributed by atoms with Crippen molar-refractivity contribution in [1.29, 1.82) is 0 Å². The highest BCUT2D eigenvalue weighted by Gasteiger charge is 2.19.